The fourth-order valence-electron chi connectivity index (χ4n) is 3.08. The van der Waals surface area contributed by atoms with E-state index >= 15 is 0 Å². The van der Waals surface area contributed by atoms with E-state index in [0.717, 1.165) is 13.0 Å². The molecule has 19 heavy (non-hydrogen) atoms. The number of nitrogens with zero attached hydrogens (tertiary/aromatic N) is 2. The number of hydrogen-bond donors (Lipinski definition) is 2. The highest BCUT2D eigenvalue weighted by Crippen LogP contribution is 2.40. The summed E-state index contributed by atoms with van der Waals surface area (Å²) < 4.78 is 1.56. The zero-order valence-corrected chi connectivity index (χ0v) is 12.1. The molecular formula is C14H24N4O. The highest BCUT2D eigenvalue weighted by molar-refractivity contribution is 5.97. The van der Waals surface area contributed by atoms with E-state index in [0.29, 0.717) is 17.1 Å². The number of aryl methyl sites for hydroxylation is 2. The molecule has 0 saturated heterocycles. The van der Waals surface area contributed by atoms with Gasteiger partial charge in [-0.2, -0.15) is 5.10 Å². The second kappa shape index (κ2) is 5.23. The van der Waals surface area contributed by atoms with Gasteiger partial charge in [0.1, 0.15) is 5.69 Å². The molecule has 1 saturated carbocycles. The van der Waals surface area contributed by atoms with Gasteiger partial charge in [0.2, 0.25) is 0 Å². The fourth-order valence-corrected chi connectivity index (χ4v) is 3.08. The molecule has 2 rings (SSSR count). The topological polar surface area (TPSA) is 72.9 Å². The van der Waals surface area contributed by atoms with Crippen LogP contribution in [0.4, 0.5) is 5.69 Å². The van der Waals surface area contributed by atoms with Gasteiger partial charge in [-0.1, -0.05) is 19.8 Å². The third-order valence-electron chi connectivity index (χ3n) is 4.52. The molecule has 0 radical (unpaired) electrons. The summed E-state index contributed by atoms with van der Waals surface area (Å²) in [5.74, 6) is -0.111. The van der Waals surface area contributed by atoms with Crippen LogP contribution in [-0.4, -0.2) is 22.2 Å². The maximum atomic E-state index is 12.3. The Labute approximate surface area is 114 Å². The van der Waals surface area contributed by atoms with Crippen LogP contribution in [0.1, 0.15) is 55.2 Å². The van der Waals surface area contributed by atoms with Gasteiger partial charge in [0.15, 0.2) is 0 Å². The van der Waals surface area contributed by atoms with Crippen LogP contribution < -0.4 is 11.1 Å². The third kappa shape index (κ3) is 2.60. The Balaban J connectivity index is 2.05. The number of amides is 1. The van der Waals surface area contributed by atoms with E-state index in [1.165, 1.54) is 25.7 Å². The Morgan fingerprint density at radius 3 is 2.58 bits per heavy atom. The lowest BCUT2D eigenvalue weighted by molar-refractivity contribution is 0.0920. The van der Waals surface area contributed by atoms with E-state index < -0.39 is 0 Å². The van der Waals surface area contributed by atoms with E-state index in [1.807, 2.05) is 6.92 Å². The average molecular weight is 264 g/mol. The van der Waals surface area contributed by atoms with Gasteiger partial charge in [0, 0.05) is 13.6 Å². The third-order valence-corrected chi connectivity index (χ3v) is 4.52. The SMILES string of the molecule is CCC1(CNC(=O)c2c(N)c(C)nn2C)CCCC1. The van der Waals surface area contributed by atoms with Crippen LogP contribution in [0.2, 0.25) is 0 Å². The minimum atomic E-state index is -0.111. The summed E-state index contributed by atoms with van der Waals surface area (Å²) >= 11 is 0. The number of hydrogen-bond acceptors (Lipinski definition) is 3. The first-order valence-electron chi connectivity index (χ1n) is 7.06. The van der Waals surface area contributed by atoms with Crippen molar-refractivity contribution in [2.24, 2.45) is 12.5 Å². The van der Waals surface area contributed by atoms with Crippen LogP contribution >= 0.6 is 0 Å². The molecule has 3 N–H and O–H groups in total. The number of rotatable bonds is 4. The van der Waals surface area contributed by atoms with Crippen molar-refractivity contribution >= 4 is 11.6 Å². The lowest BCUT2D eigenvalue weighted by Crippen LogP contribution is -2.36. The molecule has 1 fully saturated rings. The van der Waals surface area contributed by atoms with Gasteiger partial charge in [-0.05, 0) is 31.6 Å². The number of aromatic nitrogens is 2. The molecule has 0 bridgehead atoms. The lowest BCUT2D eigenvalue weighted by atomic mass is 9.83. The molecule has 1 aromatic rings. The van der Waals surface area contributed by atoms with Crippen molar-refractivity contribution in [3.05, 3.63) is 11.4 Å². The molecule has 0 aromatic carbocycles. The Bertz CT molecular complexity index is 472. The number of nitrogens with one attached hydrogen (secondary N) is 1. The predicted molar refractivity (Wildman–Crippen MR) is 75.9 cm³/mol. The molecule has 106 valence electrons. The first kappa shape index (κ1) is 13.9. The largest absolute Gasteiger partial charge is 0.395 e. The number of nitrogens with two attached hydrogens (primary N) is 1. The summed E-state index contributed by atoms with van der Waals surface area (Å²) in [5, 5.41) is 7.23. The maximum absolute atomic E-state index is 12.3. The lowest BCUT2D eigenvalue weighted by Gasteiger charge is -2.27. The zero-order chi connectivity index (χ0) is 14.0. The Morgan fingerprint density at radius 2 is 2.11 bits per heavy atom. The van der Waals surface area contributed by atoms with Crippen molar-refractivity contribution in [3.63, 3.8) is 0 Å². The highest BCUT2D eigenvalue weighted by Gasteiger charge is 2.32. The first-order valence-corrected chi connectivity index (χ1v) is 7.06. The fraction of sp³-hybridized carbons (Fsp3) is 0.714. The Hall–Kier alpha value is -1.52. The van der Waals surface area contributed by atoms with Gasteiger partial charge in [0.25, 0.3) is 5.91 Å². The molecule has 5 heteroatoms. The number of nitrogen functional groups attached to an aromatic ring is 1. The van der Waals surface area contributed by atoms with Gasteiger partial charge in [-0.15, -0.1) is 0 Å². The summed E-state index contributed by atoms with van der Waals surface area (Å²) in [5.41, 5.74) is 7.86. The Morgan fingerprint density at radius 1 is 1.47 bits per heavy atom. The Kier molecular flexibility index (Phi) is 3.83. The molecule has 0 spiro atoms. The first-order chi connectivity index (χ1) is 8.99. The van der Waals surface area contributed by atoms with Gasteiger partial charge in [-0.25, -0.2) is 0 Å². The van der Waals surface area contributed by atoms with Crippen LogP contribution in [0.5, 0.6) is 0 Å². The second-order valence-electron chi connectivity index (χ2n) is 5.71. The summed E-state index contributed by atoms with van der Waals surface area (Å²) in [6, 6.07) is 0. The normalized spacial score (nSPS) is 17.6. The summed E-state index contributed by atoms with van der Waals surface area (Å²) in [6.45, 7) is 4.77. The molecule has 5 nitrogen and oxygen atoms in total. The van der Waals surface area contributed by atoms with Crippen molar-refractivity contribution in [2.75, 3.05) is 12.3 Å². The second-order valence-corrected chi connectivity index (χ2v) is 5.71. The quantitative estimate of drug-likeness (QED) is 0.873. The predicted octanol–water partition coefficient (Wildman–Crippen LogP) is 2.01. The van der Waals surface area contributed by atoms with Crippen molar-refractivity contribution < 1.29 is 4.79 Å². The van der Waals surface area contributed by atoms with Gasteiger partial charge in [-0.3, -0.25) is 9.48 Å². The molecule has 1 amide bonds. The molecule has 1 aromatic heterocycles. The van der Waals surface area contributed by atoms with Crippen molar-refractivity contribution in [2.45, 2.75) is 46.0 Å². The zero-order valence-electron chi connectivity index (χ0n) is 12.1. The summed E-state index contributed by atoms with van der Waals surface area (Å²) in [4.78, 5) is 12.3. The smallest absolute Gasteiger partial charge is 0.271 e. The molecule has 1 aliphatic rings. The highest BCUT2D eigenvalue weighted by atomic mass is 16.2. The molecule has 0 aliphatic heterocycles. The summed E-state index contributed by atoms with van der Waals surface area (Å²) in [6.07, 6.45) is 6.09. The van der Waals surface area contributed by atoms with Crippen LogP contribution in [-0.2, 0) is 7.05 Å². The van der Waals surface area contributed by atoms with Crippen LogP contribution in [0, 0.1) is 12.3 Å². The molecule has 1 heterocycles. The van der Waals surface area contributed by atoms with E-state index in [1.54, 1.807) is 11.7 Å². The minimum absolute atomic E-state index is 0.111. The minimum Gasteiger partial charge on any atom is -0.395 e. The van der Waals surface area contributed by atoms with E-state index in [9.17, 15) is 4.79 Å². The van der Waals surface area contributed by atoms with Crippen LogP contribution in [0.15, 0.2) is 0 Å². The average Bonchev–Trinajstić information content (AvgIpc) is 2.94. The molecule has 0 atom stereocenters. The number of carbonyl (C=O) groups is 1. The van der Waals surface area contributed by atoms with Crippen LogP contribution in [0.25, 0.3) is 0 Å². The number of carbonyl (C=O) groups excluding carboxylic acids is 1. The molecular weight excluding hydrogens is 240 g/mol. The van der Waals surface area contributed by atoms with Gasteiger partial charge >= 0.3 is 0 Å². The van der Waals surface area contributed by atoms with Crippen molar-refractivity contribution in [1.29, 1.82) is 0 Å². The van der Waals surface area contributed by atoms with Gasteiger partial charge < -0.3 is 11.1 Å². The van der Waals surface area contributed by atoms with E-state index in [-0.39, 0.29) is 11.3 Å². The van der Waals surface area contributed by atoms with Gasteiger partial charge in [0.05, 0.1) is 11.4 Å². The summed E-state index contributed by atoms with van der Waals surface area (Å²) in [7, 11) is 1.75. The standard InChI is InChI=1S/C14H24N4O/c1-4-14(7-5-6-8-14)9-16-13(19)12-11(15)10(2)17-18(12)3/h4-9,15H2,1-3H3,(H,16,19). The van der Waals surface area contributed by atoms with Crippen LogP contribution in [0.3, 0.4) is 0 Å². The molecule has 0 unspecified atom stereocenters. The molecule has 1 aliphatic carbocycles. The monoisotopic (exact) mass is 264 g/mol. The number of anilines is 1. The van der Waals surface area contributed by atoms with Crippen molar-refractivity contribution in [1.82, 2.24) is 15.1 Å². The van der Waals surface area contributed by atoms with Crippen molar-refractivity contribution in [3.8, 4) is 0 Å². The van der Waals surface area contributed by atoms with E-state index in [4.69, 9.17) is 5.73 Å². The maximum Gasteiger partial charge on any atom is 0.271 e. The van der Waals surface area contributed by atoms with E-state index in [2.05, 4.69) is 17.3 Å².